The zero-order valence-corrected chi connectivity index (χ0v) is 21.0. The molecule has 8 nitrogen and oxygen atoms in total. The maximum Gasteiger partial charge on any atom is 0.419 e. The Bertz CT molecular complexity index is 1300. The fourth-order valence-corrected chi connectivity index (χ4v) is 5.52. The van der Waals surface area contributed by atoms with Gasteiger partial charge in [0.25, 0.3) is 5.91 Å². The van der Waals surface area contributed by atoms with E-state index in [1.54, 1.807) is 6.07 Å². The highest BCUT2D eigenvalue weighted by Gasteiger charge is 2.59. The monoisotopic (exact) mass is 548 g/mol. The molecule has 1 spiro atoms. The Labute approximate surface area is 221 Å². The summed E-state index contributed by atoms with van der Waals surface area (Å²) >= 11 is 5.56. The van der Waals surface area contributed by atoms with Crippen LogP contribution >= 0.6 is 12.2 Å². The average Bonchev–Trinajstić information content (AvgIpc) is 3.11. The molecule has 3 fully saturated rings. The molecule has 1 aromatic carbocycles. The van der Waals surface area contributed by atoms with Gasteiger partial charge in [-0.2, -0.15) is 18.4 Å². The smallest absolute Gasteiger partial charge is 0.419 e. The third-order valence-corrected chi connectivity index (χ3v) is 7.55. The molecule has 2 aliphatic heterocycles. The van der Waals surface area contributed by atoms with Crippen molar-refractivity contribution in [3.05, 3.63) is 47.5 Å². The summed E-state index contributed by atoms with van der Waals surface area (Å²) in [6.07, 6.45) is -2.32. The first-order valence-electron chi connectivity index (χ1n) is 12.2. The maximum absolute atomic E-state index is 15.1. The highest BCUT2D eigenvalue weighted by atomic mass is 32.1. The maximum atomic E-state index is 15.1. The first-order valence-corrected chi connectivity index (χ1v) is 12.6. The van der Waals surface area contributed by atoms with E-state index in [2.05, 4.69) is 15.2 Å². The molecule has 1 N–H and O–H groups in total. The van der Waals surface area contributed by atoms with Crippen LogP contribution in [-0.4, -0.2) is 65.8 Å². The van der Waals surface area contributed by atoms with Gasteiger partial charge in [-0.05, 0) is 49.7 Å². The molecule has 0 unspecified atom stereocenters. The van der Waals surface area contributed by atoms with E-state index in [9.17, 15) is 18.0 Å². The number of nitrogens with zero attached hydrogens (tertiary/aromatic N) is 5. The van der Waals surface area contributed by atoms with Crippen molar-refractivity contribution >= 4 is 34.6 Å². The van der Waals surface area contributed by atoms with E-state index in [-0.39, 0.29) is 16.5 Å². The van der Waals surface area contributed by atoms with Gasteiger partial charge in [0.05, 0.1) is 17.4 Å². The lowest BCUT2D eigenvalue weighted by Gasteiger charge is -2.43. The summed E-state index contributed by atoms with van der Waals surface area (Å²) < 4.78 is 61.4. The molecule has 1 amide bonds. The number of carbonyl (C=O) groups is 1. The topological polar surface area (TPSA) is 84.7 Å². The lowest BCUT2D eigenvalue weighted by molar-refractivity contribution is -0.138. The molecule has 0 radical (unpaired) electrons. The molecule has 3 heterocycles. The summed E-state index contributed by atoms with van der Waals surface area (Å²) in [7, 11) is 0. The van der Waals surface area contributed by atoms with Gasteiger partial charge >= 0.3 is 6.18 Å². The van der Waals surface area contributed by atoms with Crippen LogP contribution in [0.5, 0.6) is 5.75 Å². The van der Waals surface area contributed by atoms with Gasteiger partial charge < -0.3 is 15.0 Å². The van der Waals surface area contributed by atoms with E-state index < -0.39 is 34.7 Å². The van der Waals surface area contributed by atoms with Gasteiger partial charge in [-0.1, -0.05) is 0 Å². The Hall–Kier alpha value is -3.34. The number of nitriles is 1. The molecular formula is C25H24F4N6O2S. The third kappa shape index (κ3) is 4.57. The number of benzene rings is 1. The van der Waals surface area contributed by atoms with E-state index in [4.69, 9.17) is 22.2 Å². The second-order valence-corrected chi connectivity index (χ2v) is 9.76. The van der Waals surface area contributed by atoms with Crippen LogP contribution in [0.25, 0.3) is 0 Å². The number of hydrogen-bond donors (Lipinski definition) is 1. The predicted molar refractivity (Wildman–Crippen MR) is 134 cm³/mol. The number of rotatable bonds is 6. The van der Waals surface area contributed by atoms with Gasteiger partial charge in [0.2, 0.25) is 0 Å². The van der Waals surface area contributed by atoms with Crippen LogP contribution in [0.15, 0.2) is 30.5 Å². The van der Waals surface area contributed by atoms with E-state index in [1.165, 1.54) is 23.1 Å². The number of thiocarbonyl (C=S) groups is 1. The van der Waals surface area contributed by atoms with E-state index in [1.807, 2.05) is 0 Å². The molecule has 2 saturated heterocycles. The Morgan fingerprint density at radius 2 is 1.92 bits per heavy atom. The van der Waals surface area contributed by atoms with Crippen molar-refractivity contribution in [1.82, 2.24) is 15.2 Å². The standard InChI is InChI=1S/C25H24F4N6O2S/c26-19-13-16(2-3-21(19)37-11-10-33-8-6-31-7-9-33)35-23(38)34(22(36)24(35)4-1-5-24)17-12-18(25(27,28)29)20(14-30)32-15-17/h2-3,12-13,15,31H,1,4-11H2. The molecule has 38 heavy (non-hydrogen) atoms. The fraction of sp³-hybridized carbons (Fsp3) is 0.440. The van der Waals surface area contributed by atoms with Gasteiger partial charge in [0.1, 0.15) is 18.2 Å². The molecule has 1 saturated carbocycles. The molecule has 0 atom stereocenters. The van der Waals surface area contributed by atoms with Crippen LogP contribution in [0.2, 0.25) is 0 Å². The van der Waals surface area contributed by atoms with Crippen LogP contribution in [0.4, 0.5) is 28.9 Å². The second kappa shape index (κ2) is 10.1. The van der Waals surface area contributed by atoms with Crippen molar-refractivity contribution in [2.45, 2.75) is 31.0 Å². The van der Waals surface area contributed by atoms with Gasteiger partial charge in [-0.25, -0.2) is 9.37 Å². The summed E-state index contributed by atoms with van der Waals surface area (Å²) in [5, 5.41) is 12.2. The number of amides is 1. The number of aromatic nitrogens is 1. The van der Waals surface area contributed by atoms with Gasteiger partial charge in [0.15, 0.2) is 22.4 Å². The quantitative estimate of drug-likeness (QED) is 0.434. The zero-order chi connectivity index (χ0) is 27.1. The van der Waals surface area contributed by atoms with Crippen LogP contribution in [0.1, 0.15) is 30.5 Å². The van der Waals surface area contributed by atoms with Crippen molar-refractivity contribution in [3.63, 3.8) is 0 Å². The first kappa shape index (κ1) is 26.3. The minimum absolute atomic E-state index is 0.0611. The highest BCUT2D eigenvalue weighted by molar-refractivity contribution is 7.81. The molecule has 2 aromatic rings. The van der Waals surface area contributed by atoms with E-state index in [0.717, 1.165) is 37.3 Å². The Morgan fingerprint density at radius 1 is 1.18 bits per heavy atom. The molecule has 200 valence electrons. The third-order valence-electron chi connectivity index (χ3n) is 7.18. The van der Waals surface area contributed by atoms with Crippen LogP contribution in [0.3, 0.4) is 0 Å². The van der Waals surface area contributed by atoms with Crippen molar-refractivity contribution < 1.29 is 27.1 Å². The van der Waals surface area contributed by atoms with Gasteiger partial charge in [-0.15, -0.1) is 0 Å². The lowest BCUT2D eigenvalue weighted by Crippen LogP contribution is -2.55. The first-order chi connectivity index (χ1) is 18.2. The molecular weight excluding hydrogens is 524 g/mol. The number of anilines is 2. The minimum atomic E-state index is -4.85. The van der Waals surface area contributed by atoms with Crippen molar-refractivity contribution in [3.8, 4) is 11.8 Å². The molecule has 1 aliphatic carbocycles. The molecule has 5 rings (SSSR count). The normalized spacial score (nSPS) is 19.6. The van der Waals surface area contributed by atoms with E-state index >= 15 is 4.39 Å². The summed E-state index contributed by atoms with van der Waals surface area (Å²) in [6, 6.07) is 6.40. The number of piperazine rings is 1. The Morgan fingerprint density at radius 3 is 2.53 bits per heavy atom. The van der Waals surface area contributed by atoms with Crippen molar-refractivity contribution in [1.29, 1.82) is 5.26 Å². The summed E-state index contributed by atoms with van der Waals surface area (Å²) in [4.78, 5) is 21.9. The SMILES string of the molecule is N#Cc1ncc(N2C(=O)C3(CCC3)N(c3ccc(OCCN4CCNCC4)c(F)c3)C2=S)cc1C(F)(F)F. The molecule has 1 aromatic heterocycles. The number of hydrogen-bond acceptors (Lipinski definition) is 7. The van der Waals surface area contributed by atoms with Crippen molar-refractivity contribution in [2.24, 2.45) is 0 Å². The highest BCUT2D eigenvalue weighted by Crippen LogP contribution is 2.48. The van der Waals surface area contributed by atoms with Gasteiger partial charge in [-0.3, -0.25) is 14.6 Å². The summed E-state index contributed by atoms with van der Waals surface area (Å²) in [6.45, 7) is 4.54. The number of carbonyl (C=O) groups excluding carboxylic acids is 1. The van der Waals surface area contributed by atoms with Gasteiger partial charge in [0, 0.05) is 44.5 Å². The number of ether oxygens (including phenoxy) is 1. The van der Waals surface area contributed by atoms with Crippen molar-refractivity contribution in [2.75, 3.05) is 49.1 Å². The summed E-state index contributed by atoms with van der Waals surface area (Å²) in [5.74, 6) is -1.08. The average molecular weight is 549 g/mol. The second-order valence-electron chi connectivity index (χ2n) is 9.40. The largest absolute Gasteiger partial charge is 0.489 e. The van der Waals surface area contributed by atoms with Crippen LogP contribution < -0.4 is 19.9 Å². The number of nitrogens with one attached hydrogen (secondary N) is 1. The predicted octanol–water partition coefficient (Wildman–Crippen LogP) is 3.46. The molecule has 13 heteroatoms. The molecule has 0 bridgehead atoms. The molecule has 3 aliphatic rings. The van der Waals surface area contributed by atoms with E-state index in [0.29, 0.717) is 44.2 Å². The number of pyridine rings is 1. The lowest BCUT2D eigenvalue weighted by atomic mass is 9.75. The van der Waals surface area contributed by atoms with Crippen LogP contribution in [-0.2, 0) is 11.0 Å². The minimum Gasteiger partial charge on any atom is -0.489 e. The van der Waals surface area contributed by atoms with Crippen LogP contribution in [0, 0.1) is 17.1 Å². The fourth-order valence-electron chi connectivity index (χ4n) is 5.05. The summed E-state index contributed by atoms with van der Waals surface area (Å²) in [5.41, 5.74) is -3.09. The Balaban J connectivity index is 1.40. The Kier molecular flexibility index (Phi) is 6.97. The number of halogens is 4. The zero-order valence-electron chi connectivity index (χ0n) is 20.2. The number of alkyl halides is 3.